The molecule has 0 radical (unpaired) electrons. The quantitative estimate of drug-likeness (QED) is 0.583. The van der Waals surface area contributed by atoms with Gasteiger partial charge in [0.05, 0.1) is 7.11 Å². The first-order chi connectivity index (χ1) is 11.0. The Bertz CT molecular complexity index is 728. The molecule has 0 fully saturated rings. The second-order valence-electron chi connectivity index (χ2n) is 4.71. The number of benzene rings is 1. The van der Waals surface area contributed by atoms with E-state index in [0.29, 0.717) is 11.3 Å². The summed E-state index contributed by atoms with van der Waals surface area (Å²) in [5.74, 6) is -0.561. The summed E-state index contributed by atoms with van der Waals surface area (Å²) < 4.78 is 15.9. The molecule has 2 rings (SSSR count). The van der Waals surface area contributed by atoms with Crippen LogP contribution in [0.15, 0.2) is 45.3 Å². The lowest BCUT2D eigenvalue weighted by molar-refractivity contribution is -0.139. The van der Waals surface area contributed by atoms with Gasteiger partial charge in [-0.3, -0.25) is 0 Å². The van der Waals surface area contributed by atoms with Crippen molar-refractivity contribution in [3.63, 3.8) is 0 Å². The van der Waals surface area contributed by atoms with Crippen molar-refractivity contribution in [1.82, 2.24) is 0 Å². The highest BCUT2D eigenvalue weighted by Crippen LogP contribution is 2.16. The van der Waals surface area contributed by atoms with Crippen LogP contribution in [0.5, 0.6) is 0 Å². The van der Waals surface area contributed by atoms with Gasteiger partial charge in [-0.2, -0.15) is 0 Å². The number of ether oxygens (including phenoxy) is 2. The van der Waals surface area contributed by atoms with Crippen molar-refractivity contribution in [3.05, 3.63) is 63.5 Å². The summed E-state index contributed by atoms with van der Waals surface area (Å²) in [5, 5.41) is 0. The molecular weight excluding hydrogens is 364 g/mol. The molecule has 0 N–H and O–H groups in total. The van der Waals surface area contributed by atoms with E-state index in [-0.39, 0.29) is 12.4 Å². The van der Waals surface area contributed by atoms with E-state index in [2.05, 4.69) is 20.7 Å². The Balaban J connectivity index is 1.91. The van der Waals surface area contributed by atoms with E-state index >= 15 is 0 Å². The number of halogens is 1. The van der Waals surface area contributed by atoms with Gasteiger partial charge in [0.2, 0.25) is 5.76 Å². The topological polar surface area (TPSA) is 65.7 Å². The molecule has 23 heavy (non-hydrogen) atoms. The molecule has 0 atom stereocenters. The lowest BCUT2D eigenvalue weighted by atomic mass is 10.2. The summed E-state index contributed by atoms with van der Waals surface area (Å²) >= 11 is 3.34. The number of carbonyl (C=O) groups is 2. The molecule has 5 nitrogen and oxygen atoms in total. The van der Waals surface area contributed by atoms with Crippen molar-refractivity contribution in [2.24, 2.45) is 0 Å². The minimum absolute atomic E-state index is 0.0542. The van der Waals surface area contributed by atoms with E-state index in [9.17, 15) is 9.59 Å². The van der Waals surface area contributed by atoms with E-state index in [1.807, 2.05) is 24.3 Å². The molecule has 2 aromatic rings. The van der Waals surface area contributed by atoms with Gasteiger partial charge in [-0.05, 0) is 36.8 Å². The maximum Gasteiger partial charge on any atom is 0.374 e. The monoisotopic (exact) mass is 378 g/mol. The second kappa shape index (κ2) is 7.78. The molecule has 0 aliphatic rings. The summed E-state index contributed by atoms with van der Waals surface area (Å²) in [5.41, 5.74) is 1.51. The molecule has 0 bridgehead atoms. The maximum absolute atomic E-state index is 11.7. The van der Waals surface area contributed by atoms with Gasteiger partial charge >= 0.3 is 11.9 Å². The molecule has 120 valence electrons. The largest absolute Gasteiger partial charge is 0.463 e. The molecule has 0 spiro atoms. The third-order valence-electron chi connectivity index (χ3n) is 2.98. The van der Waals surface area contributed by atoms with Gasteiger partial charge in [0, 0.05) is 16.1 Å². The summed E-state index contributed by atoms with van der Waals surface area (Å²) in [4.78, 5) is 23.1. The number of hydrogen-bond donors (Lipinski definition) is 0. The third kappa shape index (κ3) is 4.82. The van der Waals surface area contributed by atoms with E-state index in [4.69, 9.17) is 9.15 Å². The normalized spacial score (nSPS) is 10.7. The minimum atomic E-state index is -0.560. The zero-order valence-corrected chi connectivity index (χ0v) is 14.3. The van der Waals surface area contributed by atoms with Crippen LogP contribution in [-0.2, 0) is 20.9 Å². The van der Waals surface area contributed by atoms with Gasteiger partial charge in [-0.25, -0.2) is 9.59 Å². The Kier molecular flexibility index (Phi) is 5.76. The fourth-order valence-corrected chi connectivity index (χ4v) is 2.11. The Labute approximate surface area is 142 Å². The van der Waals surface area contributed by atoms with Crippen molar-refractivity contribution < 1.29 is 23.5 Å². The number of rotatable bonds is 5. The summed E-state index contributed by atoms with van der Waals surface area (Å²) in [6.45, 7) is 1.66. The fourth-order valence-electron chi connectivity index (χ4n) is 1.84. The van der Waals surface area contributed by atoms with E-state index in [1.165, 1.54) is 13.2 Å². The Hall–Kier alpha value is -2.34. The lowest BCUT2D eigenvalue weighted by Crippen LogP contribution is -2.01. The number of furan rings is 1. The van der Waals surface area contributed by atoms with Crippen molar-refractivity contribution in [2.75, 3.05) is 7.11 Å². The molecule has 0 saturated carbocycles. The third-order valence-corrected chi connectivity index (χ3v) is 3.51. The molecule has 0 aliphatic heterocycles. The molecule has 0 amide bonds. The molecular formula is C17H15BrO5. The van der Waals surface area contributed by atoms with Crippen LogP contribution in [0.1, 0.15) is 27.4 Å². The summed E-state index contributed by atoms with van der Waals surface area (Å²) in [6.07, 6.45) is 2.99. The van der Waals surface area contributed by atoms with E-state index < -0.39 is 11.9 Å². The fraction of sp³-hybridized carbons (Fsp3) is 0.176. The van der Waals surface area contributed by atoms with Crippen LogP contribution in [0.2, 0.25) is 0 Å². The zero-order valence-electron chi connectivity index (χ0n) is 12.7. The standard InChI is InChI=1S/C17H15BrO5/c1-11-9-14(23-16(11)17(20)21-2)10-22-15(19)8-5-12-3-6-13(18)7-4-12/h3-9H,10H2,1-2H3/b8-5+. The predicted molar refractivity (Wildman–Crippen MR) is 87.8 cm³/mol. The van der Waals surface area contributed by atoms with Gasteiger partial charge in [0.1, 0.15) is 12.4 Å². The average Bonchev–Trinajstić information content (AvgIpc) is 2.92. The highest BCUT2D eigenvalue weighted by atomic mass is 79.9. The Morgan fingerprint density at radius 3 is 2.61 bits per heavy atom. The highest BCUT2D eigenvalue weighted by Gasteiger charge is 2.16. The van der Waals surface area contributed by atoms with Crippen LogP contribution in [0.4, 0.5) is 0 Å². The van der Waals surface area contributed by atoms with Gasteiger partial charge in [0.25, 0.3) is 0 Å². The highest BCUT2D eigenvalue weighted by molar-refractivity contribution is 9.10. The molecule has 1 aromatic carbocycles. The van der Waals surface area contributed by atoms with Crippen LogP contribution >= 0.6 is 15.9 Å². The van der Waals surface area contributed by atoms with E-state index in [1.54, 1.807) is 19.1 Å². The number of esters is 2. The van der Waals surface area contributed by atoms with Crippen LogP contribution in [0.3, 0.4) is 0 Å². The van der Waals surface area contributed by atoms with Crippen molar-refractivity contribution in [2.45, 2.75) is 13.5 Å². The number of hydrogen-bond acceptors (Lipinski definition) is 5. The van der Waals surface area contributed by atoms with E-state index in [0.717, 1.165) is 10.0 Å². The maximum atomic E-state index is 11.7. The van der Waals surface area contributed by atoms with Crippen LogP contribution in [0.25, 0.3) is 6.08 Å². The molecule has 0 saturated heterocycles. The molecule has 1 aromatic heterocycles. The first-order valence-corrected chi connectivity index (χ1v) is 7.57. The van der Waals surface area contributed by atoms with Crippen LogP contribution < -0.4 is 0 Å². The lowest BCUT2D eigenvalue weighted by Gasteiger charge is -1.99. The van der Waals surface area contributed by atoms with Gasteiger partial charge in [0.15, 0.2) is 0 Å². The van der Waals surface area contributed by atoms with Crippen LogP contribution in [-0.4, -0.2) is 19.0 Å². The molecule has 0 unspecified atom stereocenters. The van der Waals surface area contributed by atoms with Gasteiger partial charge < -0.3 is 13.9 Å². The molecule has 0 aliphatic carbocycles. The molecule has 1 heterocycles. The predicted octanol–water partition coefficient (Wildman–Crippen LogP) is 3.89. The Morgan fingerprint density at radius 1 is 1.26 bits per heavy atom. The SMILES string of the molecule is COC(=O)c1oc(COC(=O)/C=C/c2ccc(Br)cc2)cc1C. The number of aryl methyl sites for hydroxylation is 1. The van der Waals surface area contributed by atoms with Gasteiger partial charge in [-0.15, -0.1) is 0 Å². The first kappa shape index (κ1) is 17.0. The minimum Gasteiger partial charge on any atom is -0.463 e. The summed E-state index contributed by atoms with van der Waals surface area (Å²) in [7, 11) is 1.27. The second-order valence-corrected chi connectivity index (χ2v) is 5.62. The Morgan fingerprint density at radius 2 is 1.96 bits per heavy atom. The van der Waals surface area contributed by atoms with Gasteiger partial charge in [-0.1, -0.05) is 28.1 Å². The zero-order chi connectivity index (χ0) is 16.8. The van der Waals surface area contributed by atoms with Crippen LogP contribution in [0, 0.1) is 6.92 Å². The van der Waals surface area contributed by atoms with Crippen molar-refractivity contribution >= 4 is 33.9 Å². The smallest absolute Gasteiger partial charge is 0.374 e. The van der Waals surface area contributed by atoms with Crippen molar-refractivity contribution in [3.8, 4) is 0 Å². The summed E-state index contributed by atoms with van der Waals surface area (Å²) in [6, 6.07) is 9.13. The molecule has 6 heteroatoms. The first-order valence-electron chi connectivity index (χ1n) is 6.77. The number of methoxy groups -OCH3 is 1. The van der Waals surface area contributed by atoms with Crippen molar-refractivity contribution in [1.29, 1.82) is 0 Å². The average molecular weight is 379 g/mol. The number of carbonyl (C=O) groups excluding carboxylic acids is 2.